The predicted molar refractivity (Wildman–Crippen MR) is 64.7 cm³/mol. The second kappa shape index (κ2) is 4.93. The van der Waals surface area contributed by atoms with Crippen molar-refractivity contribution in [1.29, 1.82) is 0 Å². The van der Waals surface area contributed by atoms with E-state index < -0.39 is 0 Å². The highest BCUT2D eigenvalue weighted by atomic mass is 79.9. The van der Waals surface area contributed by atoms with Gasteiger partial charge in [0.1, 0.15) is 12.4 Å². The van der Waals surface area contributed by atoms with Crippen LogP contribution in [0.15, 0.2) is 22.7 Å². The minimum Gasteiger partial charge on any atom is -0.388 e. The lowest BCUT2D eigenvalue weighted by molar-refractivity contribution is 0.265. The van der Waals surface area contributed by atoms with E-state index in [0.717, 1.165) is 4.47 Å². The van der Waals surface area contributed by atoms with Crippen molar-refractivity contribution in [2.45, 2.75) is 20.1 Å². The Labute approximate surface area is 106 Å². The maximum Gasteiger partial charge on any atom is 0.165 e. The van der Waals surface area contributed by atoms with Gasteiger partial charge in [0, 0.05) is 16.6 Å². The summed E-state index contributed by atoms with van der Waals surface area (Å²) in [7, 11) is 0. The zero-order valence-electron chi connectivity index (χ0n) is 9.19. The number of aliphatic hydroxyl groups is 1. The van der Waals surface area contributed by atoms with Gasteiger partial charge in [-0.05, 0) is 25.1 Å². The fourth-order valence-electron chi connectivity index (χ4n) is 1.65. The van der Waals surface area contributed by atoms with E-state index in [1.165, 1.54) is 12.1 Å². The molecule has 6 heteroatoms. The molecular weight excluding hydrogens is 289 g/mol. The fraction of sp³-hybridized carbons (Fsp3) is 0.273. The van der Waals surface area contributed by atoms with E-state index in [-0.39, 0.29) is 12.4 Å². The number of hydrogen-bond donors (Lipinski definition) is 1. The summed E-state index contributed by atoms with van der Waals surface area (Å²) < 4.78 is 15.7. The summed E-state index contributed by atoms with van der Waals surface area (Å²) in [5.74, 6) is 0.681. The van der Waals surface area contributed by atoms with Crippen molar-refractivity contribution >= 4 is 15.9 Å². The molecular formula is C11H11BrFN3O. The Morgan fingerprint density at radius 3 is 2.82 bits per heavy atom. The average molecular weight is 300 g/mol. The standard InChI is InChI=1S/C11H11BrFN3O/c1-2-16-10(6-17)14-15-11(16)8-5-7(13)3-4-9(8)12/h3-5,17H,2,6H2,1H3. The maximum atomic E-state index is 13.2. The number of halogens is 2. The van der Waals surface area contributed by atoms with Crippen LogP contribution in [0.25, 0.3) is 11.4 Å². The Balaban J connectivity index is 2.59. The summed E-state index contributed by atoms with van der Waals surface area (Å²) in [5.41, 5.74) is 0.624. The molecule has 0 atom stereocenters. The smallest absolute Gasteiger partial charge is 0.165 e. The minimum atomic E-state index is -0.334. The van der Waals surface area contributed by atoms with Gasteiger partial charge in [0.2, 0.25) is 0 Å². The number of aliphatic hydroxyl groups excluding tert-OH is 1. The second-order valence-corrected chi connectivity index (χ2v) is 4.32. The van der Waals surface area contributed by atoms with Gasteiger partial charge >= 0.3 is 0 Å². The monoisotopic (exact) mass is 299 g/mol. The summed E-state index contributed by atoms with van der Waals surface area (Å²) in [5, 5.41) is 17.0. The van der Waals surface area contributed by atoms with Gasteiger partial charge in [-0.2, -0.15) is 0 Å². The highest BCUT2D eigenvalue weighted by molar-refractivity contribution is 9.10. The molecule has 1 aromatic heterocycles. The van der Waals surface area contributed by atoms with Crippen LogP contribution in [-0.2, 0) is 13.2 Å². The van der Waals surface area contributed by atoms with Crippen LogP contribution in [0, 0.1) is 5.82 Å². The van der Waals surface area contributed by atoms with Crippen LogP contribution in [0.5, 0.6) is 0 Å². The first kappa shape index (κ1) is 12.2. The average Bonchev–Trinajstić information content (AvgIpc) is 2.74. The van der Waals surface area contributed by atoms with E-state index in [9.17, 15) is 4.39 Å². The second-order valence-electron chi connectivity index (χ2n) is 3.47. The molecule has 1 heterocycles. The summed E-state index contributed by atoms with van der Waals surface area (Å²) in [6.45, 7) is 2.34. The SMILES string of the molecule is CCn1c(CO)nnc1-c1cc(F)ccc1Br. The van der Waals surface area contributed by atoms with Crippen molar-refractivity contribution < 1.29 is 9.50 Å². The van der Waals surface area contributed by atoms with E-state index in [0.29, 0.717) is 23.8 Å². The predicted octanol–water partition coefficient (Wildman–Crippen LogP) is 2.36. The van der Waals surface area contributed by atoms with Crippen LogP contribution in [-0.4, -0.2) is 19.9 Å². The number of benzene rings is 1. The largest absolute Gasteiger partial charge is 0.388 e. The molecule has 17 heavy (non-hydrogen) atoms. The molecule has 0 fully saturated rings. The Bertz CT molecular complexity index is 542. The molecule has 1 N–H and O–H groups in total. The number of nitrogens with zero attached hydrogens (tertiary/aromatic N) is 3. The van der Waals surface area contributed by atoms with Crippen molar-refractivity contribution in [2.75, 3.05) is 0 Å². The first-order valence-electron chi connectivity index (χ1n) is 5.15. The summed E-state index contributed by atoms with van der Waals surface area (Å²) >= 11 is 3.35. The van der Waals surface area contributed by atoms with Crippen LogP contribution in [0.4, 0.5) is 4.39 Å². The molecule has 0 unspecified atom stereocenters. The Kier molecular flexibility index (Phi) is 3.54. The van der Waals surface area contributed by atoms with Crippen LogP contribution >= 0.6 is 15.9 Å². The van der Waals surface area contributed by atoms with Crippen LogP contribution in [0.2, 0.25) is 0 Å². The number of rotatable bonds is 3. The lowest BCUT2D eigenvalue weighted by Crippen LogP contribution is -2.03. The van der Waals surface area contributed by atoms with Crippen molar-refractivity contribution in [3.05, 3.63) is 34.3 Å². The van der Waals surface area contributed by atoms with Gasteiger partial charge < -0.3 is 9.67 Å². The lowest BCUT2D eigenvalue weighted by Gasteiger charge is -2.07. The third-order valence-electron chi connectivity index (χ3n) is 2.45. The normalized spacial score (nSPS) is 10.8. The van der Waals surface area contributed by atoms with E-state index in [1.54, 1.807) is 10.6 Å². The van der Waals surface area contributed by atoms with Gasteiger partial charge in [-0.15, -0.1) is 10.2 Å². The van der Waals surface area contributed by atoms with Gasteiger partial charge in [-0.25, -0.2) is 4.39 Å². The lowest BCUT2D eigenvalue weighted by atomic mass is 10.2. The molecule has 0 aliphatic heterocycles. The molecule has 0 aliphatic rings. The molecule has 0 radical (unpaired) electrons. The Morgan fingerprint density at radius 1 is 1.41 bits per heavy atom. The van der Waals surface area contributed by atoms with Gasteiger partial charge in [-0.1, -0.05) is 15.9 Å². The van der Waals surface area contributed by atoms with Crippen LogP contribution in [0.1, 0.15) is 12.7 Å². The molecule has 0 saturated heterocycles. The highest BCUT2D eigenvalue weighted by Crippen LogP contribution is 2.28. The van der Waals surface area contributed by atoms with Gasteiger partial charge in [-0.3, -0.25) is 0 Å². The quantitative estimate of drug-likeness (QED) is 0.946. The Morgan fingerprint density at radius 2 is 2.18 bits per heavy atom. The number of aromatic nitrogens is 3. The number of hydrogen-bond acceptors (Lipinski definition) is 3. The summed E-state index contributed by atoms with van der Waals surface area (Å²) in [4.78, 5) is 0. The molecule has 0 spiro atoms. The molecule has 0 bridgehead atoms. The van der Waals surface area contributed by atoms with E-state index in [4.69, 9.17) is 5.11 Å². The first-order valence-corrected chi connectivity index (χ1v) is 5.95. The van der Waals surface area contributed by atoms with E-state index in [2.05, 4.69) is 26.1 Å². The summed E-state index contributed by atoms with van der Waals surface area (Å²) in [6, 6.07) is 4.38. The minimum absolute atomic E-state index is 0.187. The van der Waals surface area contributed by atoms with Crippen molar-refractivity contribution in [1.82, 2.24) is 14.8 Å². The van der Waals surface area contributed by atoms with Gasteiger partial charge in [0.15, 0.2) is 11.6 Å². The van der Waals surface area contributed by atoms with Crippen LogP contribution < -0.4 is 0 Å². The molecule has 90 valence electrons. The Hall–Kier alpha value is -1.27. The molecule has 0 saturated carbocycles. The molecule has 2 rings (SSSR count). The molecule has 0 aliphatic carbocycles. The third kappa shape index (κ3) is 2.23. The zero-order valence-corrected chi connectivity index (χ0v) is 10.8. The molecule has 0 amide bonds. The molecule has 4 nitrogen and oxygen atoms in total. The highest BCUT2D eigenvalue weighted by Gasteiger charge is 2.14. The van der Waals surface area contributed by atoms with Gasteiger partial charge in [0.05, 0.1) is 0 Å². The fourth-order valence-corrected chi connectivity index (χ4v) is 2.08. The summed E-state index contributed by atoms with van der Waals surface area (Å²) in [6.07, 6.45) is 0. The first-order chi connectivity index (χ1) is 8.17. The van der Waals surface area contributed by atoms with Crippen molar-refractivity contribution in [3.8, 4) is 11.4 Å². The van der Waals surface area contributed by atoms with Crippen LogP contribution in [0.3, 0.4) is 0 Å². The molecule has 2 aromatic rings. The zero-order chi connectivity index (χ0) is 12.4. The third-order valence-corrected chi connectivity index (χ3v) is 3.15. The van der Waals surface area contributed by atoms with Crippen molar-refractivity contribution in [3.63, 3.8) is 0 Å². The maximum absolute atomic E-state index is 13.2. The topological polar surface area (TPSA) is 50.9 Å². The molecule has 1 aromatic carbocycles. The van der Waals surface area contributed by atoms with E-state index in [1.807, 2.05) is 6.92 Å². The van der Waals surface area contributed by atoms with Gasteiger partial charge in [0.25, 0.3) is 0 Å². The van der Waals surface area contributed by atoms with Crippen molar-refractivity contribution in [2.24, 2.45) is 0 Å². The van der Waals surface area contributed by atoms with E-state index >= 15 is 0 Å².